The fourth-order valence-corrected chi connectivity index (χ4v) is 4.64. The maximum Gasteiger partial charge on any atom is 0.321 e. The molecule has 3 aromatic carbocycles. The summed E-state index contributed by atoms with van der Waals surface area (Å²) in [5.74, 6) is -6.36. The van der Waals surface area contributed by atoms with Gasteiger partial charge in [0.1, 0.15) is 11.6 Å². The first-order chi connectivity index (χ1) is 17.6. The Bertz CT molecular complexity index is 1480. The molecule has 2 amide bonds. The molecule has 2 atom stereocenters. The van der Waals surface area contributed by atoms with E-state index in [4.69, 9.17) is 0 Å². The standard InChI is InChI=1S/C27H22F4N4O2/c1-27(30,31)26(37)33-22-13-24(36)35(25(22)16-6-8-19(28)9-7-16)20-10-11-23-18(12-20)14-32-34(23)15-17-4-2-3-5-21(17)29/h2-12,14,22,25H,13,15H2,1H3,(H,33,37). The van der Waals surface area contributed by atoms with Gasteiger partial charge in [-0.15, -0.1) is 0 Å². The third-order valence-electron chi connectivity index (χ3n) is 6.43. The molecule has 0 bridgehead atoms. The van der Waals surface area contributed by atoms with Crippen molar-refractivity contribution in [1.82, 2.24) is 15.1 Å². The van der Waals surface area contributed by atoms with Crippen molar-refractivity contribution >= 4 is 28.4 Å². The SMILES string of the molecule is CC(F)(F)C(=O)NC1CC(=O)N(c2ccc3c(cnn3Cc3ccccc3F)c2)C1c1ccc(F)cc1. The molecule has 0 spiro atoms. The lowest BCUT2D eigenvalue weighted by molar-refractivity contribution is -0.143. The van der Waals surface area contributed by atoms with Gasteiger partial charge in [-0.2, -0.15) is 13.9 Å². The second-order valence-corrected chi connectivity index (χ2v) is 9.07. The van der Waals surface area contributed by atoms with Gasteiger partial charge in [0.25, 0.3) is 5.91 Å². The van der Waals surface area contributed by atoms with Crippen LogP contribution in [-0.4, -0.2) is 33.6 Å². The van der Waals surface area contributed by atoms with E-state index in [0.29, 0.717) is 34.6 Å². The number of fused-ring (bicyclic) bond motifs is 1. The third kappa shape index (κ3) is 4.78. The lowest BCUT2D eigenvalue weighted by atomic mass is 9.99. The van der Waals surface area contributed by atoms with Gasteiger partial charge < -0.3 is 10.2 Å². The zero-order valence-electron chi connectivity index (χ0n) is 19.7. The highest BCUT2D eigenvalue weighted by molar-refractivity contribution is 6.00. The Morgan fingerprint density at radius 1 is 1.08 bits per heavy atom. The molecular formula is C27H22F4N4O2. The second kappa shape index (κ2) is 9.34. The smallest absolute Gasteiger partial charge is 0.321 e. The topological polar surface area (TPSA) is 67.2 Å². The monoisotopic (exact) mass is 510 g/mol. The first-order valence-electron chi connectivity index (χ1n) is 11.6. The summed E-state index contributed by atoms with van der Waals surface area (Å²) in [4.78, 5) is 26.6. The quantitative estimate of drug-likeness (QED) is 0.372. The zero-order valence-corrected chi connectivity index (χ0v) is 19.7. The molecule has 10 heteroatoms. The van der Waals surface area contributed by atoms with Crippen molar-refractivity contribution in [3.8, 4) is 0 Å². The highest BCUT2D eigenvalue weighted by Gasteiger charge is 2.45. The minimum absolute atomic E-state index is 0.204. The van der Waals surface area contributed by atoms with Crippen LogP contribution in [0.1, 0.15) is 30.5 Å². The van der Waals surface area contributed by atoms with Crippen LogP contribution in [0.2, 0.25) is 0 Å². The molecule has 0 aliphatic carbocycles. The predicted octanol–water partition coefficient (Wildman–Crippen LogP) is 4.98. The van der Waals surface area contributed by atoms with Crippen LogP contribution in [0.4, 0.5) is 23.2 Å². The lowest BCUT2D eigenvalue weighted by Gasteiger charge is -2.29. The summed E-state index contributed by atoms with van der Waals surface area (Å²) in [6, 6.07) is 15.0. The Kier molecular flexibility index (Phi) is 6.18. The first-order valence-corrected chi connectivity index (χ1v) is 11.6. The van der Waals surface area contributed by atoms with Gasteiger partial charge in [-0.1, -0.05) is 30.3 Å². The van der Waals surface area contributed by atoms with Crippen LogP contribution in [0.25, 0.3) is 10.9 Å². The number of amides is 2. The van der Waals surface area contributed by atoms with Crippen LogP contribution in [0, 0.1) is 11.6 Å². The summed E-state index contributed by atoms with van der Waals surface area (Å²) in [6.45, 7) is 0.687. The molecule has 1 aliphatic rings. The van der Waals surface area contributed by atoms with E-state index in [1.165, 1.54) is 35.2 Å². The van der Waals surface area contributed by atoms with E-state index in [2.05, 4.69) is 10.4 Å². The Hall–Kier alpha value is -4.21. The van der Waals surface area contributed by atoms with Crippen molar-refractivity contribution in [3.05, 3.63) is 95.7 Å². The molecule has 5 rings (SSSR count). The molecule has 1 saturated heterocycles. The normalized spacial score (nSPS) is 18.0. The van der Waals surface area contributed by atoms with Crippen LogP contribution in [-0.2, 0) is 16.1 Å². The third-order valence-corrected chi connectivity index (χ3v) is 6.43. The highest BCUT2D eigenvalue weighted by Crippen LogP contribution is 2.39. The molecule has 4 aromatic rings. The average molecular weight is 510 g/mol. The van der Waals surface area contributed by atoms with Crippen LogP contribution in [0.3, 0.4) is 0 Å². The number of halogens is 4. The molecule has 1 aliphatic heterocycles. The van der Waals surface area contributed by atoms with Crippen LogP contribution < -0.4 is 10.2 Å². The number of hydrogen-bond acceptors (Lipinski definition) is 3. The largest absolute Gasteiger partial charge is 0.345 e. The van der Waals surface area contributed by atoms with E-state index in [1.807, 2.05) is 0 Å². The van der Waals surface area contributed by atoms with Crippen LogP contribution in [0.15, 0.2) is 72.9 Å². The molecular weight excluding hydrogens is 488 g/mol. The molecule has 1 fully saturated rings. The average Bonchev–Trinajstić information content (AvgIpc) is 3.40. The van der Waals surface area contributed by atoms with E-state index in [0.717, 1.165) is 0 Å². The van der Waals surface area contributed by atoms with Crippen LogP contribution in [0.5, 0.6) is 0 Å². The minimum Gasteiger partial charge on any atom is -0.345 e. The van der Waals surface area contributed by atoms with Crippen molar-refractivity contribution in [2.75, 3.05) is 4.90 Å². The van der Waals surface area contributed by atoms with Gasteiger partial charge >= 0.3 is 5.92 Å². The summed E-state index contributed by atoms with van der Waals surface area (Å²) in [5, 5.41) is 7.31. The Balaban J connectivity index is 1.51. The van der Waals surface area contributed by atoms with Crippen molar-refractivity contribution in [2.45, 2.75) is 37.9 Å². The van der Waals surface area contributed by atoms with Gasteiger partial charge in [0.2, 0.25) is 5.91 Å². The number of nitrogens with one attached hydrogen (secondary N) is 1. The lowest BCUT2D eigenvalue weighted by Crippen LogP contribution is -2.46. The number of hydrogen-bond donors (Lipinski definition) is 1. The molecule has 37 heavy (non-hydrogen) atoms. The van der Waals surface area contributed by atoms with Gasteiger partial charge in [-0.3, -0.25) is 14.3 Å². The van der Waals surface area contributed by atoms with E-state index in [9.17, 15) is 27.2 Å². The van der Waals surface area contributed by atoms with Gasteiger partial charge in [-0.25, -0.2) is 8.78 Å². The molecule has 1 aromatic heterocycles. The summed E-state index contributed by atoms with van der Waals surface area (Å²) in [7, 11) is 0. The Morgan fingerprint density at radius 2 is 1.81 bits per heavy atom. The fraction of sp³-hybridized carbons (Fsp3) is 0.222. The van der Waals surface area contributed by atoms with E-state index >= 15 is 0 Å². The predicted molar refractivity (Wildman–Crippen MR) is 129 cm³/mol. The molecule has 6 nitrogen and oxygen atoms in total. The van der Waals surface area contributed by atoms with Gasteiger partial charge in [0, 0.05) is 30.0 Å². The minimum atomic E-state index is -3.63. The Labute approximate surface area is 209 Å². The number of nitrogens with zero attached hydrogens (tertiary/aromatic N) is 3. The van der Waals surface area contributed by atoms with Gasteiger partial charge in [0.05, 0.1) is 30.3 Å². The molecule has 0 saturated carbocycles. The summed E-state index contributed by atoms with van der Waals surface area (Å²) >= 11 is 0. The van der Waals surface area contributed by atoms with Crippen molar-refractivity contribution in [1.29, 1.82) is 0 Å². The second-order valence-electron chi connectivity index (χ2n) is 9.07. The summed E-state index contributed by atoms with van der Waals surface area (Å²) in [6.07, 6.45) is 1.37. The molecule has 2 heterocycles. The summed E-state index contributed by atoms with van der Waals surface area (Å²) < 4.78 is 56.6. The number of carbonyl (C=O) groups is 2. The molecule has 1 N–H and O–H groups in total. The number of benzene rings is 3. The fourth-order valence-electron chi connectivity index (χ4n) is 4.64. The van der Waals surface area contributed by atoms with Crippen molar-refractivity contribution in [3.63, 3.8) is 0 Å². The maximum absolute atomic E-state index is 14.1. The van der Waals surface area contributed by atoms with E-state index in [1.54, 1.807) is 47.3 Å². The number of alkyl halides is 2. The molecule has 0 radical (unpaired) electrons. The van der Waals surface area contributed by atoms with Crippen molar-refractivity contribution in [2.24, 2.45) is 0 Å². The number of anilines is 1. The molecule has 190 valence electrons. The van der Waals surface area contributed by atoms with E-state index in [-0.39, 0.29) is 18.8 Å². The van der Waals surface area contributed by atoms with Gasteiger partial charge in [-0.05, 0) is 42.0 Å². The number of aromatic nitrogens is 2. The number of rotatable bonds is 6. The molecule has 2 unspecified atom stereocenters. The van der Waals surface area contributed by atoms with Gasteiger partial charge in [0.15, 0.2) is 0 Å². The van der Waals surface area contributed by atoms with E-state index < -0.39 is 35.6 Å². The first kappa shape index (κ1) is 24.5. The Morgan fingerprint density at radius 3 is 2.51 bits per heavy atom. The van der Waals surface area contributed by atoms with Crippen molar-refractivity contribution < 1.29 is 27.2 Å². The number of carbonyl (C=O) groups excluding carboxylic acids is 2. The zero-order chi connectivity index (χ0) is 26.3. The maximum atomic E-state index is 14.1. The summed E-state index contributed by atoms with van der Waals surface area (Å²) in [5.41, 5.74) is 2.10. The van der Waals surface area contributed by atoms with Crippen LogP contribution >= 0.6 is 0 Å². The highest BCUT2D eigenvalue weighted by atomic mass is 19.3.